The van der Waals surface area contributed by atoms with Gasteiger partial charge < -0.3 is 10.2 Å². The van der Waals surface area contributed by atoms with E-state index in [9.17, 15) is 19.2 Å². The van der Waals surface area contributed by atoms with Crippen LogP contribution in [0.3, 0.4) is 0 Å². The van der Waals surface area contributed by atoms with Gasteiger partial charge in [0.1, 0.15) is 12.6 Å². The molecule has 4 N–H and O–H groups in total. The number of nitrogens with one attached hydrogen (secondary N) is 2. The van der Waals surface area contributed by atoms with Crippen molar-refractivity contribution in [1.82, 2.24) is 10.7 Å². The highest BCUT2D eigenvalue weighted by Crippen LogP contribution is 2.33. The van der Waals surface area contributed by atoms with Crippen molar-refractivity contribution < 1.29 is 19.2 Å². The van der Waals surface area contributed by atoms with Gasteiger partial charge in [-0.1, -0.05) is 60.7 Å². The summed E-state index contributed by atoms with van der Waals surface area (Å²) >= 11 is 0. The molecule has 9 heteroatoms. The lowest BCUT2D eigenvalue weighted by Crippen LogP contribution is -2.54. The van der Waals surface area contributed by atoms with Crippen LogP contribution in [0.25, 0.3) is 0 Å². The Bertz CT molecular complexity index is 1250. The van der Waals surface area contributed by atoms with E-state index in [1.54, 1.807) is 54.6 Å². The molecule has 36 heavy (non-hydrogen) atoms. The number of amides is 4. The molecule has 0 saturated carbocycles. The van der Waals surface area contributed by atoms with Crippen molar-refractivity contribution >= 4 is 35.0 Å². The Morgan fingerprint density at radius 1 is 0.861 bits per heavy atom. The van der Waals surface area contributed by atoms with Gasteiger partial charge in [0.05, 0.1) is 17.9 Å². The Balaban J connectivity index is 1.67. The molecule has 4 rings (SSSR count). The molecule has 1 heterocycles. The first-order valence-electron chi connectivity index (χ1n) is 11.6. The number of anilines is 2. The molecule has 1 aliphatic heterocycles. The number of para-hydroxylation sites is 2. The van der Waals surface area contributed by atoms with Gasteiger partial charge in [-0.3, -0.25) is 29.5 Å². The van der Waals surface area contributed by atoms with Crippen molar-refractivity contribution in [1.29, 1.82) is 0 Å². The number of nitrogens with zero attached hydrogens (tertiary/aromatic N) is 2. The highest BCUT2D eigenvalue weighted by atomic mass is 16.2. The summed E-state index contributed by atoms with van der Waals surface area (Å²) in [5, 5.41) is 2.75. The Morgan fingerprint density at radius 3 is 2.14 bits per heavy atom. The van der Waals surface area contributed by atoms with Crippen molar-refractivity contribution in [2.45, 2.75) is 18.9 Å². The largest absolute Gasteiger partial charge is 0.339 e. The molecule has 9 nitrogen and oxygen atoms in total. The van der Waals surface area contributed by atoms with Gasteiger partial charge in [-0.25, -0.2) is 5.84 Å². The highest BCUT2D eigenvalue weighted by Gasteiger charge is 2.37. The van der Waals surface area contributed by atoms with E-state index in [0.29, 0.717) is 23.4 Å². The maximum Gasteiger partial charge on any atom is 0.253 e. The molecule has 0 aromatic heterocycles. The van der Waals surface area contributed by atoms with Gasteiger partial charge in [0, 0.05) is 12.0 Å². The lowest BCUT2D eigenvalue weighted by molar-refractivity contribution is -0.124. The van der Waals surface area contributed by atoms with Crippen LogP contribution in [0, 0.1) is 0 Å². The third-order valence-electron chi connectivity index (χ3n) is 5.97. The molecule has 3 aromatic rings. The van der Waals surface area contributed by atoms with Crippen LogP contribution >= 0.6 is 0 Å². The molecule has 184 valence electrons. The molecule has 4 amide bonds. The molecule has 0 unspecified atom stereocenters. The van der Waals surface area contributed by atoms with Crippen LogP contribution in [0.5, 0.6) is 0 Å². The second-order valence-corrected chi connectivity index (χ2v) is 8.36. The maximum atomic E-state index is 13.6. The van der Waals surface area contributed by atoms with E-state index in [2.05, 4.69) is 5.32 Å². The number of nitrogens with two attached hydrogens (primary N) is 1. The molecule has 3 aromatic carbocycles. The highest BCUT2D eigenvalue weighted by molar-refractivity contribution is 6.10. The van der Waals surface area contributed by atoms with Crippen LogP contribution < -0.4 is 26.4 Å². The lowest BCUT2D eigenvalue weighted by Gasteiger charge is -2.25. The zero-order valence-corrected chi connectivity index (χ0v) is 19.6. The maximum absolute atomic E-state index is 13.6. The summed E-state index contributed by atoms with van der Waals surface area (Å²) in [6.45, 7) is -0.446. The normalized spacial score (nSPS) is 15.0. The van der Waals surface area contributed by atoms with Gasteiger partial charge in [0.15, 0.2) is 0 Å². The zero-order chi connectivity index (χ0) is 25.5. The van der Waals surface area contributed by atoms with E-state index in [-0.39, 0.29) is 25.4 Å². The van der Waals surface area contributed by atoms with Crippen molar-refractivity contribution in [2.75, 3.05) is 22.9 Å². The van der Waals surface area contributed by atoms with Crippen LogP contribution in [-0.2, 0) is 20.8 Å². The average Bonchev–Trinajstić information content (AvgIpc) is 3.03. The fourth-order valence-electron chi connectivity index (χ4n) is 4.14. The second kappa shape index (κ2) is 11.3. The van der Waals surface area contributed by atoms with Gasteiger partial charge in [-0.05, 0) is 36.2 Å². The third kappa shape index (κ3) is 5.59. The number of carbonyl (C=O) groups excluding carboxylic acids is 4. The summed E-state index contributed by atoms with van der Waals surface area (Å²) in [7, 11) is 0. The van der Waals surface area contributed by atoms with E-state index in [1.165, 1.54) is 9.80 Å². The second-order valence-electron chi connectivity index (χ2n) is 8.36. The van der Waals surface area contributed by atoms with Crippen molar-refractivity contribution in [2.24, 2.45) is 5.84 Å². The smallest absolute Gasteiger partial charge is 0.253 e. The fourth-order valence-corrected chi connectivity index (χ4v) is 4.14. The SMILES string of the molecule is NNC(=O)CN1C(=O)[C@@H](NC(=O)c2ccccc2)CN(C(=O)CCc2ccccc2)c2ccccc21. The van der Waals surface area contributed by atoms with Crippen LogP contribution in [0.2, 0.25) is 0 Å². The molecular weight excluding hydrogens is 458 g/mol. The van der Waals surface area contributed by atoms with Crippen molar-refractivity contribution in [3.8, 4) is 0 Å². The molecule has 0 spiro atoms. The predicted octanol–water partition coefficient (Wildman–Crippen LogP) is 1.79. The summed E-state index contributed by atoms with van der Waals surface area (Å²) in [4.78, 5) is 55.0. The van der Waals surface area contributed by atoms with Gasteiger partial charge in [0.25, 0.3) is 17.7 Å². The molecule has 0 bridgehead atoms. The van der Waals surface area contributed by atoms with E-state index >= 15 is 0 Å². The van der Waals surface area contributed by atoms with E-state index in [0.717, 1.165) is 5.56 Å². The average molecular weight is 486 g/mol. The monoisotopic (exact) mass is 485 g/mol. The number of hydrazine groups is 1. The fraction of sp³-hybridized carbons (Fsp3) is 0.185. The van der Waals surface area contributed by atoms with E-state index < -0.39 is 23.8 Å². The molecule has 0 fully saturated rings. The minimum atomic E-state index is -1.09. The first-order valence-corrected chi connectivity index (χ1v) is 11.6. The van der Waals surface area contributed by atoms with Crippen LogP contribution in [0.1, 0.15) is 22.3 Å². The topological polar surface area (TPSA) is 125 Å². The number of rotatable bonds is 7. The van der Waals surface area contributed by atoms with Gasteiger partial charge in [-0.15, -0.1) is 0 Å². The third-order valence-corrected chi connectivity index (χ3v) is 5.97. The predicted molar refractivity (Wildman–Crippen MR) is 136 cm³/mol. The number of aryl methyl sites for hydroxylation is 1. The molecule has 0 aliphatic carbocycles. The molecule has 1 aliphatic rings. The van der Waals surface area contributed by atoms with Crippen LogP contribution in [-0.4, -0.2) is 42.8 Å². The van der Waals surface area contributed by atoms with E-state index in [4.69, 9.17) is 5.84 Å². The Labute approximate surface area is 208 Å². The van der Waals surface area contributed by atoms with Gasteiger partial charge in [-0.2, -0.15) is 0 Å². The zero-order valence-electron chi connectivity index (χ0n) is 19.6. The van der Waals surface area contributed by atoms with Crippen molar-refractivity contribution in [3.05, 3.63) is 96.1 Å². The summed E-state index contributed by atoms with van der Waals surface area (Å²) in [6.07, 6.45) is 0.724. The first-order chi connectivity index (χ1) is 17.5. The van der Waals surface area contributed by atoms with E-state index in [1.807, 2.05) is 35.8 Å². The number of fused-ring (bicyclic) bond motifs is 1. The minimum Gasteiger partial charge on any atom is -0.339 e. The lowest BCUT2D eigenvalue weighted by atomic mass is 10.1. The number of benzene rings is 3. The van der Waals surface area contributed by atoms with Crippen LogP contribution in [0.15, 0.2) is 84.9 Å². The standard InChI is InChI=1S/C27H27N5O4/c28-30-24(33)18-32-23-14-8-7-13-22(23)31(25(34)16-15-19-9-3-1-4-10-19)17-21(27(32)36)29-26(35)20-11-5-2-6-12-20/h1-14,21H,15-18,28H2,(H,29,35)(H,30,33)/t21-/m0/s1. The summed E-state index contributed by atoms with van der Waals surface area (Å²) in [5.74, 6) is 3.51. The Morgan fingerprint density at radius 2 is 1.47 bits per heavy atom. The number of hydrogen-bond acceptors (Lipinski definition) is 5. The summed E-state index contributed by atoms with van der Waals surface area (Å²) in [5.41, 5.74) is 4.29. The Hall–Kier alpha value is -4.50. The minimum absolute atomic E-state index is 0.0806. The number of hydrogen-bond donors (Lipinski definition) is 3. The van der Waals surface area contributed by atoms with Crippen molar-refractivity contribution in [3.63, 3.8) is 0 Å². The molecule has 0 radical (unpaired) electrons. The quantitative estimate of drug-likeness (QED) is 0.267. The van der Waals surface area contributed by atoms with Gasteiger partial charge in [0.2, 0.25) is 5.91 Å². The summed E-state index contributed by atoms with van der Waals surface area (Å²) in [6, 6.07) is 23.9. The summed E-state index contributed by atoms with van der Waals surface area (Å²) < 4.78 is 0. The molecule has 1 atom stereocenters. The molecule has 0 saturated heterocycles. The number of carbonyl (C=O) groups is 4. The Kier molecular flexibility index (Phi) is 7.72. The molecular formula is C27H27N5O4. The first kappa shape index (κ1) is 24.6. The van der Waals surface area contributed by atoms with Gasteiger partial charge >= 0.3 is 0 Å². The van der Waals surface area contributed by atoms with Crippen LogP contribution in [0.4, 0.5) is 11.4 Å².